The molecule has 2 aromatic rings. The Hall–Kier alpha value is -1.62. The molecule has 0 spiro atoms. The van der Waals surface area contributed by atoms with Gasteiger partial charge >= 0.3 is 0 Å². The first-order valence-electron chi connectivity index (χ1n) is 6.89. The number of aryl methyl sites for hydroxylation is 2. The number of rotatable bonds is 7. The van der Waals surface area contributed by atoms with Crippen molar-refractivity contribution >= 4 is 17.1 Å². The molecule has 0 aliphatic heterocycles. The summed E-state index contributed by atoms with van der Waals surface area (Å²) >= 11 is 0. The van der Waals surface area contributed by atoms with Crippen LogP contribution in [0.15, 0.2) is 12.1 Å². The van der Waals surface area contributed by atoms with E-state index in [1.807, 2.05) is 23.6 Å². The predicted octanol–water partition coefficient (Wildman–Crippen LogP) is 2.53. The first kappa shape index (κ1) is 13.8. The molecule has 0 saturated carbocycles. The van der Waals surface area contributed by atoms with E-state index in [0.29, 0.717) is 5.95 Å². The van der Waals surface area contributed by atoms with Gasteiger partial charge in [-0.1, -0.05) is 13.3 Å². The first-order valence-corrected chi connectivity index (χ1v) is 6.89. The highest BCUT2D eigenvalue weighted by Crippen LogP contribution is 2.16. The zero-order chi connectivity index (χ0) is 13.7. The molecule has 0 aliphatic carbocycles. The molecule has 5 heteroatoms. The number of nitrogens with zero attached hydrogens (tertiary/aromatic N) is 3. The van der Waals surface area contributed by atoms with Crippen LogP contribution in [-0.4, -0.2) is 27.7 Å². The molecule has 5 nitrogen and oxygen atoms in total. The molecule has 104 valence electrons. The van der Waals surface area contributed by atoms with Crippen molar-refractivity contribution in [3.63, 3.8) is 0 Å². The van der Waals surface area contributed by atoms with E-state index in [1.165, 1.54) is 6.42 Å². The van der Waals surface area contributed by atoms with Crippen LogP contribution in [0.5, 0.6) is 0 Å². The van der Waals surface area contributed by atoms with Gasteiger partial charge in [0.25, 0.3) is 0 Å². The Kier molecular flexibility index (Phi) is 4.74. The van der Waals surface area contributed by atoms with Crippen molar-refractivity contribution in [2.24, 2.45) is 0 Å². The van der Waals surface area contributed by atoms with E-state index in [0.717, 1.165) is 49.5 Å². The molecule has 0 amide bonds. The maximum absolute atomic E-state index is 5.94. The van der Waals surface area contributed by atoms with Crippen LogP contribution in [0, 0.1) is 6.92 Å². The minimum Gasteiger partial charge on any atom is -0.381 e. The van der Waals surface area contributed by atoms with E-state index in [1.54, 1.807) is 0 Å². The second-order valence-corrected chi connectivity index (χ2v) is 4.74. The standard InChI is InChI=1S/C14H22N4O/c1-3-4-9-19-10-5-8-18-13-12(17-14(18)15)7-6-11(2)16-13/h6-7H,3-5,8-10H2,1-2H3,(H2,15,17). The maximum Gasteiger partial charge on any atom is 0.202 e. The molecule has 2 N–H and O–H groups in total. The van der Waals surface area contributed by atoms with Gasteiger partial charge in [-0.05, 0) is 31.9 Å². The van der Waals surface area contributed by atoms with Gasteiger partial charge in [0, 0.05) is 25.5 Å². The number of hydrogen-bond donors (Lipinski definition) is 1. The predicted molar refractivity (Wildman–Crippen MR) is 77.0 cm³/mol. The van der Waals surface area contributed by atoms with Crippen LogP contribution in [-0.2, 0) is 11.3 Å². The van der Waals surface area contributed by atoms with E-state index >= 15 is 0 Å². The molecule has 0 aromatic carbocycles. The van der Waals surface area contributed by atoms with Crippen molar-refractivity contribution < 1.29 is 4.74 Å². The summed E-state index contributed by atoms with van der Waals surface area (Å²) in [5.41, 5.74) is 8.64. The fraction of sp³-hybridized carbons (Fsp3) is 0.571. The summed E-state index contributed by atoms with van der Waals surface area (Å²) in [6, 6.07) is 3.91. The van der Waals surface area contributed by atoms with E-state index < -0.39 is 0 Å². The molecule has 2 rings (SSSR count). The molecular formula is C14H22N4O. The third kappa shape index (κ3) is 3.44. The molecule has 0 saturated heterocycles. The van der Waals surface area contributed by atoms with Gasteiger partial charge in [0.15, 0.2) is 5.65 Å². The lowest BCUT2D eigenvalue weighted by atomic mass is 10.3. The summed E-state index contributed by atoms with van der Waals surface area (Å²) in [6.45, 7) is 6.53. The van der Waals surface area contributed by atoms with Crippen molar-refractivity contribution in [1.82, 2.24) is 14.5 Å². The zero-order valence-electron chi connectivity index (χ0n) is 11.7. The van der Waals surface area contributed by atoms with Gasteiger partial charge in [-0.25, -0.2) is 9.97 Å². The third-order valence-electron chi connectivity index (χ3n) is 3.07. The monoisotopic (exact) mass is 262 g/mol. The number of unbranched alkanes of at least 4 members (excludes halogenated alkanes) is 1. The van der Waals surface area contributed by atoms with E-state index in [-0.39, 0.29) is 0 Å². The third-order valence-corrected chi connectivity index (χ3v) is 3.07. The topological polar surface area (TPSA) is 66.0 Å². The molecule has 0 bridgehead atoms. The molecule has 0 aliphatic rings. The number of nitrogens with two attached hydrogens (primary N) is 1. The van der Waals surface area contributed by atoms with Crippen LogP contribution in [0.4, 0.5) is 5.95 Å². The average Bonchev–Trinajstić information content (AvgIpc) is 2.69. The highest BCUT2D eigenvalue weighted by Gasteiger charge is 2.08. The number of nitrogen functional groups attached to an aromatic ring is 1. The molecule has 0 unspecified atom stereocenters. The quantitative estimate of drug-likeness (QED) is 0.779. The molecular weight excluding hydrogens is 240 g/mol. The van der Waals surface area contributed by atoms with E-state index in [4.69, 9.17) is 10.5 Å². The Bertz CT molecular complexity index is 535. The Balaban J connectivity index is 1.96. The minimum absolute atomic E-state index is 0.529. The van der Waals surface area contributed by atoms with Gasteiger partial charge in [0.05, 0.1) is 0 Å². The fourth-order valence-corrected chi connectivity index (χ4v) is 2.01. The molecule has 0 atom stereocenters. The number of aromatic nitrogens is 3. The normalized spacial score (nSPS) is 11.3. The summed E-state index contributed by atoms with van der Waals surface area (Å²) in [6.07, 6.45) is 3.22. The van der Waals surface area contributed by atoms with Gasteiger partial charge in [0.1, 0.15) is 5.52 Å². The van der Waals surface area contributed by atoms with Crippen LogP contribution in [0.1, 0.15) is 31.9 Å². The van der Waals surface area contributed by atoms with Gasteiger partial charge in [-0.2, -0.15) is 0 Å². The number of ether oxygens (including phenoxy) is 1. The van der Waals surface area contributed by atoms with Crippen LogP contribution < -0.4 is 5.73 Å². The summed E-state index contributed by atoms with van der Waals surface area (Å²) in [5.74, 6) is 0.529. The van der Waals surface area contributed by atoms with Gasteiger partial charge in [-0.15, -0.1) is 0 Å². The van der Waals surface area contributed by atoms with Crippen LogP contribution in [0.25, 0.3) is 11.2 Å². The molecule has 0 fully saturated rings. The van der Waals surface area contributed by atoms with Crippen LogP contribution >= 0.6 is 0 Å². The maximum atomic E-state index is 5.94. The van der Waals surface area contributed by atoms with Crippen LogP contribution in [0.3, 0.4) is 0 Å². The Morgan fingerprint density at radius 1 is 1.21 bits per heavy atom. The Morgan fingerprint density at radius 2 is 2.00 bits per heavy atom. The van der Waals surface area contributed by atoms with E-state index in [2.05, 4.69) is 16.9 Å². The molecule has 2 heterocycles. The molecule has 2 aromatic heterocycles. The lowest BCUT2D eigenvalue weighted by molar-refractivity contribution is 0.126. The SMILES string of the molecule is CCCCOCCCn1c(N)nc2ccc(C)nc21. The number of hydrogen-bond acceptors (Lipinski definition) is 4. The lowest BCUT2D eigenvalue weighted by Gasteiger charge is -2.06. The Labute approximate surface area is 113 Å². The average molecular weight is 262 g/mol. The van der Waals surface area contributed by atoms with Crippen molar-refractivity contribution in [2.75, 3.05) is 18.9 Å². The number of fused-ring (bicyclic) bond motifs is 1. The lowest BCUT2D eigenvalue weighted by Crippen LogP contribution is -2.07. The Morgan fingerprint density at radius 3 is 2.79 bits per heavy atom. The summed E-state index contributed by atoms with van der Waals surface area (Å²) in [4.78, 5) is 8.82. The molecule has 0 radical (unpaired) electrons. The van der Waals surface area contributed by atoms with Gasteiger partial charge in [-0.3, -0.25) is 4.57 Å². The summed E-state index contributed by atoms with van der Waals surface area (Å²) in [7, 11) is 0. The zero-order valence-corrected chi connectivity index (χ0v) is 11.7. The number of imidazole rings is 1. The fourth-order valence-electron chi connectivity index (χ4n) is 2.01. The largest absolute Gasteiger partial charge is 0.381 e. The highest BCUT2D eigenvalue weighted by molar-refractivity contribution is 5.74. The number of pyridine rings is 1. The minimum atomic E-state index is 0.529. The molecule has 19 heavy (non-hydrogen) atoms. The first-order chi connectivity index (χ1) is 9.22. The van der Waals surface area contributed by atoms with Crippen molar-refractivity contribution in [1.29, 1.82) is 0 Å². The smallest absolute Gasteiger partial charge is 0.202 e. The van der Waals surface area contributed by atoms with Crippen molar-refractivity contribution in [2.45, 2.75) is 39.7 Å². The van der Waals surface area contributed by atoms with Crippen molar-refractivity contribution in [3.05, 3.63) is 17.8 Å². The second kappa shape index (κ2) is 6.52. The summed E-state index contributed by atoms with van der Waals surface area (Å²) in [5, 5.41) is 0. The van der Waals surface area contributed by atoms with Crippen LogP contribution in [0.2, 0.25) is 0 Å². The summed E-state index contributed by atoms with van der Waals surface area (Å²) < 4.78 is 7.52. The van der Waals surface area contributed by atoms with Crippen molar-refractivity contribution in [3.8, 4) is 0 Å². The second-order valence-electron chi connectivity index (χ2n) is 4.74. The van der Waals surface area contributed by atoms with Gasteiger partial charge in [0.2, 0.25) is 5.95 Å². The van der Waals surface area contributed by atoms with Gasteiger partial charge < -0.3 is 10.5 Å². The number of anilines is 1. The van der Waals surface area contributed by atoms with E-state index in [9.17, 15) is 0 Å². The highest BCUT2D eigenvalue weighted by atomic mass is 16.5.